The van der Waals surface area contributed by atoms with Gasteiger partial charge in [0.05, 0.1) is 17.9 Å². The Balaban J connectivity index is 2.10. The maximum absolute atomic E-state index is 13.5. The SMILES string of the molecule is CC(C)(C)c1csc(CNc2ccc(F)c(F)c2F)n1. The quantitative estimate of drug-likeness (QED) is 0.846. The van der Waals surface area contributed by atoms with E-state index in [9.17, 15) is 13.2 Å². The van der Waals surface area contributed by atoms with E-state index < -0.39 is 17.5 Å². The zero-order valence-corrected chi connectivity index (χ0v) is 12.2. The summed E-state index contributed by atoms with van der Waals surface area (Å²) < 4.78 is 39.3. The van der Waals surface area contributed by atoms with E-state index in [1.54, 1.807) is 0 Å². The summed E-state index contributed by atoms with van der Waals surface area (Å²) in [6, 6.07) is 2.06. The summed E-state index contributed by atoms with van der Waals surface area (Å²) in [5.41, 5.74) is 0.823. The Kier molecular flexibility index (Phi) is 4.04. The molecule has 0 aliphatic carbocycles. The largest absolute Gasteiger partial charge is 0.376 e. The highest BCUT2D eigenvalue weighted by Gasteiger charge is 2.18. The van der Waals surface area contributed by atoms with Crippen molar-refractivity contribution in [3.8, 4) is 0 Å². The average molecular weight is 300 g/mol. The minimum Gasteiger partial charge on any atom is -0.376 e. The lowest BCUT2D eigenvalue weighted by Crippen LogP contribution is -2.12. The Hall–Kier alpha value is -1.56. The fraction of sp³-hybridized carbons (Fsp3) is 0.357. The number of nitrogens with zero attached hydrogens (tertiary/aromatic N) is 1. The minimum absolute atomic E-state index is 0.0536. The predicted octanol–water partition coefficient (Wildman–Crippen LogP) is 4.47. The van der Waals surface area contributed by atoms with E-state index in [4.69, 9.17) is 0 Å². The van der Waals surface area contributed by atoms with E-state index in [1.165, 1.54) is 17.4 Å². The van der Waals surface area contributed by atoms with E-state index >= 15 is 0 Å². The predicted molar refractivity (Wildman–Crippen MR) is 74.5 cm³/mol. The zero-order chi connectivity index (χ0) is 14.9. The van der Waals surface area contributed by atoms with Crippen molar-refractivity contribution in [3.63, 3.8) is 0 Å². The normalized spacial score (nSPS) is 11.7. The van der Waals surface area contributed by atoms with Crippen LogP contribution in [0.4, 0.5) is 18.9 Å². The molecule has 20 heavy (non-hydrogen) atoms. The van der Waals surface area contributed by atoms with Crippen LogP contribution in [0.25, 0.3) is 0 Å². The minimum atomic E-state index is -1.47. The van der Waals surface area contributed by atoms with Crippen molar-refractivity contribution in [2.45, 2.75) is 32.7 Å². The number of rotatable bonds is 3. The number of aromatic nitrogens is 1. The average Bonchev–Trinajstić information content (AvgIpc) is 2.84. The second-order valence-electron chi connectivity index (χ2n) is 5.45. The van der Waals surface area contributed by atoms with E-state index in [0.29, 0.717) is 0 Å². The Labute approximate surface area is 119 Å². The molecule has 0 unspecified atom stereocenters. The summed E-state index contributed by atoms with van der Waals surface area (Å²) in [6.45, 7) is 6.42. The van der Waals surface area contributed by atoms with Crippen LogP contribution >= 0.6 is 11.3 Å². The van der Waals surface area contributed by atoms with Crippen molar-refractivity contribution < 1.29 is 13.2 Å². The van der Waals surface area contributed by atoms with Crippen molar-refractivity contribution in [1.29, 1.82) is 0 Å². The van der Waals surface area contributed by atoms with Gasteiger partial charge in [0.2, 0.25) is 0 Å². The highest BCUT2D eigenvalue weighted by atomic mass is 32.1. The van der Waals surface area contributed by atoms with E-state index in [0.717, 1.165) is 16.8 Å². The van der Waals surface area contributed by atoms with Gasteiger partial charge in [0, 0.05) is 10.8 Å². The molecule has 0 spiro atoms. The molecule has 0 saturated heterocycles. The second-order valence-corrected chi connectivity index (χ2v) is 6.40. The molecule has 0 fully saturated rings. The Morgan fingerprint density at radius 2 is 1.85 bits per heavy atom. The first-order chi connectivity index (χ1) is 9.29. The molecule has 2 aromatic rings. The Morgan fingerprint density at radius 1 is 1.15 bits per heavy atom. The molecular formula is C14H15F3N2S. The third-order valence-electron chi connectivity index (χ3n) is 2.79. The summed E-state index contributed by atoms with van der Waals surface area (Å²) in [4.78, 5) is 4.43. The van der Waals surface area contributed by atoms with Gasteiger partial charge in [-0.1, -0.05) is 20.8 Å². The first-order valence-electron chi connectivity index (χ1n) is 6.11. The highest BCUT2D eigenvalue weighted by molar-refractivity contribution is 7.09. The van der Waals surface area contributed by atoms with Crippen molar-refractivity contribution in [3.05, 3.63) is 45.7 Å². The molecule has 6 heteroatoms. The summed E-state index contributed by atoms with van der Waals surface area (Å²) in [6.07, 6.45) is 0. The van der Waals surface area contributed by atoms with Crippen LogP contribution in [0.2, 0.25) is 0 Å². The lowest BCUT2D eigenvalue weighted by atomic mass is 9.93. The maximum atomic E-state index is 13.5. The number of anilines is 1. The molecule has 1 aromatic carbocycles. The first kappa shape index (κ1) is 14.8. The van der Waals surface area contributed by atoms with Gasteiger partial charge in [-0.05, 0) is 12.1 Å². The fourth-order valence-corrected chi connectivity index (χ4v) is 2.53. The van der Waals surface area contributed by atoms with Crippen molar-refractivity contribution >= 4 is 17.0 Å². The molecule has 0 saturated carbocycles. The number of hydrogen-bond acceptors (Lipinski definition) is 3. The molecule has 1 aromatic heterocycles. The molecule has 0 aliphatic rings. The molecule has 0 atom stereocenters. The van der Waals surface area contributed by atoms with Gasteiger partial charge in [0.1, 0.15) is 5.01 Å². The van der Waals surface area contributed by atoms with Gasteiger partial charge >= 0.3 is 0 Å². The molecule has 0 bridgehead atoms. The van der Waals surface area contributed by atoms with Crippen LogP contribution in [0.5, 0.6) is 0 Å². The third-order valence-corrected chi connectivity index (χ3v) is 3.63. The maximum Gasteiger partial charge on any atom is 0.196 e. The standard InChI is InChI=1S/C14H15F3N2S/c1-14(2,3)10-7-20-11(19-10)6-18-9-5-4-8(15)12(16)13(9)17/h4-5,7,18H,6H2,1-3H3. The number of benzene rings is 1. The van der Waals surface area contributed by atoms with E-state index in [2.05, 4.69) is 10.3 Å². The van der Waals surface area contributed by atoms with Gasteiger partial charge in [0.25, 0.3) is 0 Å². The highest BCUT2D eigenvalue weighted by Crippen LogP contribution is 2.25. The van der Waals surface area contributed by atoms with Gasteiger partial charge < -0.3 is 5.32 Å². The smallest absolute Gasteiger partial charge is 0.196 e. The Bertz CT molecular complexity index is 617. The topological polar surface area (TPSA) is 24.9 Å². The van der Waals surface area contributed by atoms with Gasteiger partial charge in [-0.25, -0.2) is 18.2 Å². The number of hydrogen-bond donors (Lipinski definition) is 1. The van der Waals surface area contributed by atoms with Crippen LogP contribution in [0.15, 0.2) is 17.5 Å². The fourth-order valence-electron chi connectivity index (χ4n) is 1.57. The van der Waals surface area contributed by atoms with Gasteiger partial charge in [-0.15, -0.1) is 11.3 Å². The second kappa shape index (κ2) is 5.44. The molecule has 0 aliphatic heterocycles. The molecule has 2 rings (SSSR count). The molecule has 1 N–H and O–H groups in total. The first-order valence-corrected chi connectivity index (χ1v) is 6.99. The van der Waals surface area contributed by atoms with Crippen LogP contribution in [-0.4, -0.2) is 4.98 Å². The van der Waals surface area contributed by atoms with E-state index in [-0.39, 0.29) is 17.6 Å². The summed E-state index contributed by atoms with van der Waals surface area (Å²) in [5, 5.41) is 5.43. The van der Waals surface area contributed by atoms with Crippen molar-refractivity contribution in [2.75, 3.05) is 5.32 Å². The Morgan fingerprint density at radius 3 is 2.45 bits per heavy atom. The summed E-state index contributed by atoms with van der Waals surface area (Å²) >= 11 is 1.44. The summed E-state index contributed by atoms with van der Waals surface area (Å²) in [7, 11) is 0. The van der Waals surface area contributed by atoms with Crippen LogP contribution in [0.1, 0.15) is 31.5 Å². The number of thiazole rings is 1. The lowest BCUT2D eigenvalue weighted by Gasteiger charge is -2.14. The van der Waals surface area contributed by atoms with Gasteiger partial charge in [-0.2, -0.15) is 0 Å². The molecule has 0 amide bonds. The van der Waals surface area contributed by atoms with E-state index in [1.807, 2.05) is 26.2 Å². The van der Waals surface area contributed by atoms with Crippen molar-refractivity contribution in [1.82, 2.24) is 4.98 Å². The van der Waals surface area contributed by atoms with Gasteiger partial charge in [-0.3, -0.25) is 0 Å². The van der Waals surface area contributed by atoms with Crippen LogP contribution in [0.3, 0.4) is 0 Å². The number of nitrogens with one attached hydrogen (secondary N) is 1. The molecule has 1 heterocycles. The number of halogens is 3. The van der Waals surface area contributed by atoms with Gasteiger partial charge in [0.15, 0.2) is 17.5 Å². The zero-order valence-electron chi connectivity index (χ0n) is 11.4. The summed E-state index contributed by atoms with van der Waals surface area (Å²) in [5.74, 6) is -3.88. The van der Waals surface area contributed by atoms with Crippen molar-refractivity contribution in [2.24, 2.45) is 0 Å². The van der Waals surface area contributed by atoms with Crippen LogP contribution < -0.4 is 5.32 Å². The monoisotopic (exact) mass is 300 g/mol. The molecule has 0 radical (unpaired) electrons. The molecule has 108 valence electrons. The third kappa shape index (κ3) is 3.12. The van der Waals surface area contributed by atoms with Crippen LogP contribution in [-0.2, 0) is 12.0 Å². The van der Waals surface area contributed by atoms with Crippen LogP contribution in [0, 0.1) is 17.5 Å². The molecule has 2 nitrogen and oxygen atoms in total. The lowest BCUT2D eigenvalue weighted by molar-refractivity contribution is 0.449. The molecular weight excluding hydrogens is 285 g/mol.